The number of unbranched alkanes of at least 4 members (excludes halogenated alkanes) is 3. The average Bonchev–Trinajstić information content (AvgIpc) is 2.92. The molecule has 40 heavy (non-hydrogen) atoms. The number of amides is 2. The van der Waals surface area contributed by atoms with Crippen LogP contribution in [0.15, 0.2) is 33.5 Å². The summed E-state index contributed by atoms with van der Waals surface area (Å²) in [5.74, 6) is -0.142. The number of nitrogens with one attached hydrogen (secondary N) is 2. The van der Waals surface area contributed by atoms with E-state index in [2.05, 4.69) is 10.6 Å². The van der Waals surface area contributed by atoms with Crippen molar-refractivity contribution < 1.29 is 48.6 Å². The summed E-state index contributed by atoms with van der Waals surface area (Å²) >= 11 is 0. The Morgan fingerprint density at radius 2 is 1.73 bits per heavy atom. The Morgan fingerprint density at radius 1 is 0.975 bits per heavy atom. The SMILES string of the molecule is CCCCOC(=O)NCCCCCNC(=O)Cc1cc(=O)oc2cc(O[C@@H]3O[C@H](CO)[C@H](O)[C@H](O)[C@H]3O)ccc12. The topological polar surface area (TPSA) is 197 Å². The summed E-state index contributed by atoms with van der Waals surface area (Å²) in [6.07, 6.45) is -3.69. The largest absolute Gasteiger partial charge is 0.462 e. The number of benzene rings is 1. The third-order valence-corrected chi connectivity index (χ3v) is 6.43. The lowest BCUT2D eigenvalue weighted by molar-refractivity contribution is -0.277. The Kier molecular flexibility index (Phi) is 12.2. The number of aliphatic hydroxyl groups excluding tert-OH is 4. The number of hydrogen-bond acceptors (Lipinski definition) is 11. The number of carbonyl (C=O) groups is 2. The van der Waals surface area contributed by atoms with Gasteiger partial charge in [0.05, 0.1) is 19.6 Å². The highest BCUT2D eigenvalue weighted by Gasteiger charge is 2.44. The third kappa shape index (κ3) is 8.89. The van der Waals surface area contributed by atoms with Crippen LogP contribution < -0.4 is 21.0 Å². The van der Waals surface area contributed by atoms with Gasteiger partial charge in [-0.25, -0.2) is 9.59 Å². The fourth-order valence-electron chi connectivity index (χ4n) is 4.17. The van der Waals surface area contributed by atoms with Crippen molar-refractivity contribution in [3.8, 4) is 5.75 Å². The first-order valence-electron chi connectivity index (χ1n) is 13.4. The third-order valence-electron chi connectivity index (χ3n) is 6.43. The van der Waals surface area contributed by atoms with Crippen LogP contribution >= 0.6 is 0 Å². The molecule has 0 unspecified atom stereocenters. The van der Waals surface area contributed by atoms with Gasteiger partial charge in [-0.1, -0.05) is 13.3 Å². The minimum absolute atomic E-state index is 0.0554. The monoisotopic (exact) mass is 566 g/mol. The second-order valence-electron chi connectivity index (χ2n) is 9.57. The van der Waals surface area contributed by atoms with Gasteiger partial charge < -0.3 is 49.7 Å². The maximum atomic E-state index is 12.5. The minimum atomic E-state index is -1.60. The van der Waals surface area contributed by atoms with Gasteiger partial charge in [0, 0.05) is 30.6 Å². The number of aliphatic hydroxyl groups is 4. The van der Waals surface area contributed by atoms with Crippen molar-refractivity contribution in [3.63, 3.8) is 0 Å². The molecule has 6 N–H and O–H groups in total. The lowest BCUT2D eigenvalue weighted by Crippen LogP contribution is -2.60. The van der Waals surface area contributed by atoms with Crippen molar-refractivity contribution in [1.29, 1.82) is 0 Å². The number of hydrogen-bond donors (Lipinski definition) is 6. The first-order valence-corrected chi connectivity index (χ1v) is 13.4. The van der Waals surface area contributed by atoms with Crippen LogP contribution in [-0.4, -0.2) is 89.4 Å². The van der Waals surface area contributed by atoms with Crippen molar-refractivity contribution in [2.75, 3.05) is 26.3 Å². The van der Waals surface area contributed by atoms with Crippen molar-refractivity contribution >= 4 is 23.0 Å². The Bertz CT molecular complexity index is 1170. The molecule has 13 heteroatoms. The second kappa shape index (κ2) is 15.5. The Labute approximate surface area is 231 Å². The zero-order valence-electron chi connectivity index (χ0n) is 22.4. The molecule has 3 rings (SSSR count). The van der Waals surface area contributed by atoms with Crippen LogP contribution in [0.5, 0.6) is 5.75 Å². The van der Waals surface area contributed by atoms with E-state index in [1.165, 1.54) is 18.2 Å². The van der Waals surface area contributed by atoms with Crippen LogP contribution in [0.25, 0.3) is 11.0 Å². The van der Waals surface area contributed by atoms with Gasteiger partial charge in [-0.3, -0.25) is 4.79 Å². The number of fused-ring (bicyclic) bond motifs is 1. The molecule has 0 radical (unpaired) electrons. The van der Waals surface area contributed by atoms with Crippen LogP contribution in [0.4, 0.5) is 4.79 Å². The number of carbonyl (C=O) groups excluding carboxylic acids is 2. The highest BCUT2D eigenvalue weighted by Crippen LogP contribution is 2.27. The molecule has 1 saturated heterocycles. The van der Waals surface area contributed by atoms with Gasteiger partial charge in [0.1, 0.15) is 35.7 Å². The Hall–Kier alpha value is -3.23. The van der Waals surface area contributed by atoms with E-state index < -0.39 is 49.0 Å². The summed E-state index contributed by atoms with van der Waals surface area (Å²) in [6.45, 7) is 2.76. The fourth-order valence-corrected chi connectivity index (χ4v) is 4.17. The average molecular weight is 567 g/mol. The first-order chi connectivity index (χ1) is 19.2. The maximum absolute atomic E-state index is 12.5. The molecule has 1 aromatic carbocycles. The van der Waals surface area contributed by atoms with Crippen LogP contribution in [0.3, 0.4) is 0 Å². The first kappa shape index (κ1) is 31.3. The summed E-state index contributed by atoms with van der Waals surface area (Å²) in [7, 11) is 0. The summed E-state index contributed by atoms with van der Waals surface area (Å²) < 4.78 is 21.2. The maximum Gasteiger partial charge on any atom is 0.407 e. The number of rotatable bonds is 14. The van der Waals surface area contributed by atoms with Crippen LogP contribution in [0.2, 0.25) is 0 Å². The van der Waals surface area contributed by atoms with Crippen molar-refractivity contribution in [3.05, 3.63) is 40.2 Å². The molecule has 1 aliphatic rings. The van der Waals surface area contributed by atoms with Crippen molar-refractivity contribution in [1.82, 2.24) is 10.6 Å². The van der Waals surface area contributed by atoms with E-state index in [-0.39, 0.29) is 23.7 Å². The summed E-state index contributed by atoms with van der Waals surface area (Å²) in [6, 6.07) is 5.72. The van der Waals surface area contributed by atoms with Gasteiger partial charge >= 0.3 is 11.7 Å². The van der Waals surface area contributed by atoms with E-state index in [0.717, 1.165) is 25.7 Å². The molecule has 1 fully saturated rings. The molecule has 0 spiro atoms. The number of ether oxygens (including phenoxy) is 3. The summed E-state index contributed by atoms with van der Waals surface area (Å²) in [5, 5.41) is 45.4. The summed E-state index contributed by atoms with van der Waals surface area (Å²) in [4.78, 5) is 36.1. The predicted molar refractivity (Wildman–Crippen MR) is 142 cm³/mol. The molecular weight excluding hydrogens is 528 g/mol. The minimum Gasteiger partial charge on any atom is -0.462 e. The fraction of sp³-hybridized carbons (Fsp3) is 0.593. The zero-order valence-corrected chi connectivity index (χ0v) is 22.4. The van der Waals surface area contributed by atoms with E-state index in [1.807, 2.05) is 6.92 Å². The molecule has 0 bridgehead atoms. The van der Waals surface area contributed by atoms with Crippen LogP contribution in [0, 0.1) is 0 Å². The number of alkyl carbamates (subject to hydrolysis) is 1. The van der Waals surface area contributed by atoms with Gasteiger partial charge in [-0.15, -0.1) is 0 Å². The van der Waals surface area contributed by atoms with Crippen molar-refractivity contribution in [2.45, 2.75) is 76.2 Å². The van der Waals surface area contributed by atoms with Crippen molar-refractivity contribution in [2.24, 2.45) is 0 Å². The molecule has 13 nitrogen and oxygen atoms in total. The quantitative estimate of drug-likeness (QED) is 0.136. The van der Waals surface area contributed by atoms with E-state index in [0.29, 0.717) is 37.1 Å². The van der Waals surface area contributed by atoms with Crippen LogP contribution in [-0.2, 0) is 20.7 Å². The molecule has 1 aliphatic heterocycles. The van der Waals surface area contributed by atoms with Gasteiger partial charge in [0.15, 0.2) is 0 Å². The molecular formula is C27H38N2O11. The lowest BCUT2D eigenvalue weighted by Gasteiger charge is -2.39. The summed E-state index contributed by atoms with van der Waals surface area (Å²) in [5.41, 5.74) is -0.0759. The second-order valence-corrected chi connectivity index (χ2v) is 9.57. The van der Waals surface area contributed by atoms with Gasteiger partial charge in [0.2, 0.25) is 12.2 Å². The molecule has 1 aromatic heterocycles. The smallest absolute Gasteiger partial charge is 0.407 e. The molecule has 0 aliphatic carbocycles. The predicted octanol–water partition coefficient (Wildman–Crippen LogP) is 0.327. The molecule has 2 heterocycles. The van der Waals surface area contributed by atoms with Gasteiger partial charge in [-0.2, -0.15) is 0 Å². The highest BCUT2D eigenvalue weighted by molar-refractivity contribution is 5.87. The normalized spacial score (nSPS) is 22.6. The highest BCUT2D eigenvalue weighted by atomic mass is 16.7. The van der Waals surface area contributed by atoms with E-state index in [9.17, 15) is 34.8 Å². The molecule has 2 aromatic rings. The van der Waals surface area contributed by atoms with Crippen LogP contribution in [0.1, 0.15) is 44.6 Å². The van der Waals surface area contributed by atoms with Gasteiger partial charge in [-0.05, 0) is 43.4 Å². The van der Waals surface area contributed by atoms with E-state index in [1.54, 1.807) is 6.07 Å². The lowest BCUT2D eigenvalue weighted by atomic mass is 9.99. The van der Waals surface area contributed by atoms with E-state index in [4.69, 9.17) is 18.6 Å². The standard InChI is InChI=1S/C27H38N2O11/c1-2-3-11-37-27(36)29-10-6-4-5-9-28-21(31)12-16-13-22(32)39-19-14-17(7-8-18(16)19)38-26-25(35)24(34)23(33)20(15-30)40-26/h7-8,13-14,20,23-26,30,33-35H,2-6,9-12,15H2,1H3,(H,28,31)(H,29,36)/t20-,23+,24+,25-,26-/m1/s1. The Morgan fingerprint density at radius 3 is 2.45 bits per heavy atom. The molecule has 5 atom stereocenters. The Balaban J connectivity index is 1.49. The molecule has 222 valence electrons. The molecule has 0 saturated carbocycles. The zero-order chi connectivity index (χ0) is 29.1. The van der Waals surface area contributed by atoms with E-state index >= 15 is 0 Å². The van der Waals surface area contributed by atoms with Gasteiger partial charge in [0.25, 0.3) is 0 Å². The molecule has 2 amide bonds.